The van der Waals surface area contributed by atoms with Crippen LogP contribution >= 0.6 is 0 Å². The third-order valence-corrected chi connectivity index (χ3v) is 4.92. The van der Waals surface area contributed by atoms with Gasteiger partial charge in [0.05, 0.1) is 5.92 Å². The van der Waals surface area contributed by atoms with E-state index in [1.54, 1.807) is 0 Å². The van der Waals surface area contributed by atoms with Crippen molar-refractivity contribution >= 4 is 5.97 Å². The van der Waals surface area contributed by atoms with Crippen molar-refractivity contribution in [1.29, 1.82) is 0 Å². The number of piperidine rings is 1. The molecule has 4 nitrogen and oxygen atoms in total. The SMILES string of the molecule is CC1CCC1N1CC(NC2CC2)CC(C(=O)O)C1. The normalized spacial score (nSPS) is 41.4. The van der Waals surface area contributed by atoms with Crippen LogP contribution in [0.2, 0.25) is 0 Å². The van der Waals surface area contributed by atoms with Crippen molar-refractivity contribution in [1.82, 2.24) is 10.2 Å². The van der Waals surface area contributed by atoms with Crippen molar-refractivity contribution in [2.75, 3.05) is 13.1 Å². The first kappa shape index (κ1) is 12.4. The highest BCUT2D eigenvalue weighted by Crippen LogP contribution is 2.34. The first-order valence-electron chi connectivity index (χ1n) is 7.36. The van der Waals surface area contributed by atoms with E-state index in [1.807, 2.05) is 0 Å². The number of nitrogens with one attached hydrogen (secondary N) is 1. The Morgan fingerprint density at radius 2 is 1.94 bits per heavy atom. The van der Waals surface area contributed by atoms with Crippen LogP contribution in [0.4, 0.5) is 0 Å². The zero-order valence-corrected chi connectivity index (χ0v) is 11.1. The quantitative estimate of drug-likeness (QED) is 0.792. The lowest BCUT2D eigenvalue weighted by Gasteiger charge is -2.48. The molecule has 0 bridgehead atoms. The maximum atomic E-state index is 11.3. The highest BCUT2D eigenvalue weighted by molar-refractivity contribution is 5.70. The van der Waals surface area contributed by atoms with Gasteiger partial charge in [-0.3, -0.25) is 9.69 Å². The van der Waals surface area contributed by atoms with Crippen LogP contribution in [0, 0.1) is 11.8 Å². The van der Waals surface area contributed by atoms with E-state index < -0.39 is 5.97 Å². The molecule has 0 radical (unpaired) electrons. The van der Waals surface area contributed by atoms with Gasteiger partial charge >= 0.3 is 5.97 Å². The smallest absolute Gasteiger partial charge is 0.307 e. The van der Waals surface area contributed by atoms with Gasteiger partial charge in [0, 0.05) is 31.2 Å². The number of hydrogen-bond donors (Lipinski definition) is 2. The maximum Gasteiger partial charge on any atom is 0.307 e. The summed E-state index contributed by atoms with van der Waals surface area (Å²) in [4.78, 5) is 13.7. The fourth-order valence-corrected chi connectivity index (χ4v) is 3.48. The van der Waals surface area contributed by atoms with Crippen molar-refractivity contribution in [2.24, 2.45) is 11.8 Å². The third kappa shape index (κ3) is 2.54. The Labute approximate surface area is 109 Å². The summed E-state index contributed by atoms with van der Waals surface area (Å²) in [5.41, 5.74) is 0. The molecule has 0 aromatic heterocycles. The van der Waals surface area contributed by atoms with E-state index in [-0.39, 0.29) is 5.92 Å². The van der Waals surface area contributed by atoms with Crippen LogP contribution in [0.3, 0.4) is 0 Å². The first-order chi connectivity index (χ1) is 8.63. The molecule has 2 saturated carbocycles. The number of carboxylic acid groups (broad SMARTS) is 1. The van der Waals surface area contributed by atoms with Gasteiger partial charge in [0.2, 0.25) is 0 Å². The molecule has 3 rings (SSSR count). The Hall–Kier alpha value is -0.610. The summed E-state index contributed by atoms with van der Waals surface area (Å²) in [6.45, 7) is 4.10. The Kier molecular flexibility index (Phi) is 3.32. The van der Waals surface area contributed by atoms with Gasteiger partial charge in [-0.2, -0.15) is 0 Å². The molecule has 0 spiro atoms. The monoisotopic (exact) mass is 252 g/mol. The van der Waals surface area contributed by atoms with Gasteiger partial charge in [-0.1, -0.05) is 6.92 Å². The second-order valence-corrected chi connectivity index (χ2v) is 6.48. The average Bonchev–Trinajstić information content (AvgIpc) is 3.10. The summed E-state index contributed by atoms with van der Waals surface area (Å²) in [6, 6.07) is 1.69. The molecule has 2 N–H and O–H groups in total. The minimum absolute atomic E-state index is 0.178. The van der Waals surface area contributed by atoms with Crippen LogP contribution in [-0.2, 0) is 4.79 Å². The number of aliphatic carboxylic acids is 1. The molecule has 4 atom stereocenters. The molecule has 0 amide bonds. The molecule has 0 aromatic carbocycles. The minimum atomic E-state index is -0.616. The molecule has 1 saturated heterocycles. The lowest BCUT2D eigenvalue weighted by atomic mass is 9.78. The number of likely N-dealkylation sites (tertiary alicyclic amines) is 1. The van der Waals surface area contributed by atoms with Gasteiger partial charge < -0.3 is 10.4 Å². The summed E-state index contributed by atoms with van der Waals surface area (Å²) >= 11 is 0. The van der Waals surface area contributed by atoms with E-state index in [9.17, 15) is 9.90 Å². The number of hydrogen-bond acceptors (Lipinski definition) is 3. The van der Waals surface area contributed by atoms with Crippen LogP contribution in [-0.4, -0.2) is 47.2 Å². The van der Waals surface area contributed by atoms with Crippen molar-refractivity contribution < 1.29 is 9.90 Å². The lowest BCUT2D eigenvalue weighted by Crippen LogP contribution is -2.57. The van der Waals surface area contributed by atoms with E-state index in [4.69, 9.17) is 0 Å². The van der Waals surface area contributed by atoms with Crippen molar-refractivity contribution in [3.63, 3.8) is 0 Å². The van der Waals surface area contributed by atoms with Crippen LogP contribution in [0.5, 0.6) is 0 Å². The second-order valence-electron chi connectivity index (χ2n) is 6.48. The summed E-state index contributed by atoms with van der Waals surface area (Å²) in [5.74, 6) is -0.0452. The van der Waals surface area contributed by atoms with E-state index >= 15 is 0 Å². The molecular formula is C14H24N2O2. The summed E-state index contributed by atoms with van der Waals surface area (Å²) in [5, 5.41) is 12.9. The predicted molar refractivity (Wildman–Crippen MR) is 69.4 cm³/mol. The van der Waals surface area contributed by atoms with Crippen molar-refractivity contribution in [3.05, 3.63) is 0 Å². The molecule has 1 aliphatic heterocycles. The number of nitrogens with zero attached hydrogens (tertiary/aromatic N) is 1. The van der Waals surface area contributed by atoms with Crippen molar-refractivity contribution in [2.45, 2.75) is 57.2 Å². The maximum absolute atomic E-state index is 11.3. The highest BCUT2D eigenvalue weighted by Gasteiger charge is 2.40. The third-order valence-electron chi connectivity index (χ3n) is 4.92. The van der Waals surface area contributed by atoms with Gasteiger partial charge in [0.15, 0.2) is 0 Å². The minimum Gasteiger partial charge on any atom is -0.481 e. The largest absolute Gasteiger partial charge is 0.481 e. The zero-order chi connectivity index (χ0) is 12.7. The number of rotatable bonds is 4. The first-order valence-corrected chi connectivity index (χ1v) is 7.36. The molecule has 4 unspecified atom stereocenters. The number of carbonyl (C=O) groups is 1. The molecule has 1 heterocycles. The Bertz CT molecular complexity index is 330. The molecule has 0 aromatic rings. The fraction of sp³-hybridized carbons (Fsp3) is 0.929. The van der Waals surface area contributed by atoms with E-state index in [2.05, 4.69) is 17.1 Å². The standard InChI is InChI=1S/C14H24N2O2/c1-9-2-5-13(9)16-7-10(14(17)18)6-12(8-16)15-11-3-4-11/h9-13,15H,2-8H2,1H3,(H,17,18). The van der Waals surface area contributed by atoms with Crippen molar-refractivity contribution in [3.8, 4) is 0 Å². The topological polar surface area (TPSA) is 52.6 Å². The summed E-state index contributed by atoms with van der Waals surface area (Å²) < 4.78 is 0. The number of carboxylic acids is 1. The second kappa shape index (κ2) is 4.82. The van der Waals surface area contributed by atoms with Gasteiger partial charge in [0.25, 0.3) is 0 Å². The zero-order valence-electron chi connectivity index (χ0n) is 11.1. The highest BCUT2D eigenvalue weighted by atomic mass is 16.4. The molecular weight excluding hydrogens is 228 g/mol. The molecule has 3 aliphatic rings. The van der Waals surface area contributed by atoms with Gasteiger partial charge in [-0.05, 0) is 38.0 Å². The van der Waals surface area contributed by atoms with E-state index in [0.29, 0.717) is 18.1 Å². The Balaban J connectivity index is 1.63. The van der Waals surface area contributed by atoms with Crippen LogP contribution < -0.4 is 5.32 Å². The average molecular weight is 252 g/mol. The molecule has 2 aliphatic carbocycles. The predicted octanol–water partition coefficient (Wildman–Crippen LogP) is 1.31. The van der Waals surface area contributed by atoms with Gasteiger partial charge in [-0.15, -0.1) is 0 Å². The molecule has 102 valence electrons. The van der Waals surface area contributed by atoms with E-state index in [1.165, 1.54) is 25.7 Å². The molecule has 4 heteroatoms. The summed E-state index contributed by atoms with van der Waals surface area (Å²) in [7, 11) is 0. The van der Waals surface area contributed by atoms with Crippen LogP contribution in [0.15, 0.2) is 0 Å². The lowest BCUT2D eigenvalue weighted by molar-refractivity contribution is -0.145. The summed E-state index contributed by atoms with van der Waals surface area (Å²) in [6.07, 6.45) is 5.91. The van der Waals surface area contributed by atoms with E-state index in [0.717, 1.165) is 25.4 Å². The Morgan fingerprint density at radius 3 is 2.44 bits per heavy atom. The van der Waals surface area contributed by atoms with Gasteiger partial charge in [-0.25, -0.2) is 0 Å². The van der Waals surface area contributed by atoms with Crippen LogP contribution in [0.25, 0.3) is 0 Å². The molecule has 18 heavy (non-hydrogen) atoms. The molecule has 3 fully saturated rings. The Morgan fingerprint density at radius 1 is 1.17 bits per heavy atom. The van der Waals surface area contributed by atoms with Crippen LogP contribution in [0.1, 0.15) is 39.0 Å². The fourth-order valence-electron chi connectivity index (χ4n) is 3.48. The van der Waals surface area contributed by atoms with Gasteiger partial charge in [0.1, 0.15) is 0 Å².